The Hall–Kier alpha value is -3.78. The number of hydrogen-bond donors (Lipinski definition) is 1. The van der Waals surface area contributed by atoms with Crippen molar-refractivity contribution in [1.29, 1.82) is 0 Å². The Kier molecular flexibility index (Phi) is 6.22. The summed E-state index contributed by atoms with van der Waals surface area (Å²) in [5.41, 5.74) is 4.04. The van der Waals surface area contributed by atoms with Crippen molar-refractivity contribution in [2.24, 2.45) is 7.05 Å². The minimum atomic E-state index is 0.165. The number of aromatic amines is 1. The quantitative estimate of drug-likeness (QED) is 0.451. The minimum Gasteiger partial charge on any atom is -0.439 e. The zero-order valence-corrected chi connectivity index (χ0v) is 19.6. The summed E-state index contributed by atoms with van der Waals surface area (Å²) in [6, 6.07) is 16.0. The van der Waals surface area contributed by atoms with E-state index in [-0.39, 0.29) is 5.91 Å². The van der Waals surface area contributed by atoms with Gasteiger partial charge in [0.15, 0.2) is 13.2 Å². The number of rotatable bonds is 6. The van der Waals surface area contributed by atoms with Crippen LogP contribution in [0.3, 0.4) is 0 Å². The molecule has 1 N–H and O–H groups in total. The molecular formula is C26H29N6O2+. The third-order valence-corrected chi connectivity index (χ3v) is 6.25. The highest BCUT2D eigenvalue weighted by atomic mass is 16.5. The zero-order valence-electron chi connectivity index (χ0n) is 19.6. The number of aryl methyl sites for hydroxylation is 1. The van der Waals surface area contributed by atoms with Gasteiger partial charge in [-0.1, -0.05) is 6.07 Å². The summed E-state index contributed by atoms with van der Waals surface area (Å²) in [7, 11) is 1.95. The van der Waals surface area contributed by atoms with Gasteiger partial charge in [-0.05, 0) is 30.3 Å². The van der Waals surface area contributed by atoms with Gasteiger partial charge in [0, 0.05) is 81.0 Å². The molecule has 1 aliphatic rings. The highest BCUT2D eigenvalue weighted by Gasteiger charge is 2.18. The standard InChI is InChI=1S/C26H28N6O2/c1-19(33)32-15-13-31(14-16-32)12-9-22-5-3-20-17-23(6-7-24(20)28-22)34-26-8-4-21(18-27-26)25-10-11-30(2)29-25/h3-8,10-11,17-18H,9,12-16H2,1-2H3/p+1. The van der Waals surface area contributed by atoms with Crippen LogP contribution in [-0.2, 0) is 18.3 Å². The van der Waals surface area contributed by atoms with Crippen molar-refractivity contribution in [3.05, 3.63) is 66.6 Å². The number of carbonyl (C=O) groups excluding carboxylic acids is 1. The number of H-pyrrole nitrogens is 1. The molecule has 0 radical (unpaired) electrons. The Morgan fingerprint density at radius 2 is 1.94 bits per heavy atom. The average molecular weight is 458 g/mol. The molecule has 8 nitrogen and oxygen atoms in total. The molecule has 8 heteroatoms. The van der Waals surface area contributed by atoms with E-state index in [0.29, 0.717) is 5.88 Å². The number of pyridine rings is 2. The maximum atomic E-state index is 11.5. The third-order valence-electron chi connectivity index (χ3n) is 6.25. The fraction of sp³-hybridized carbons (Fsp3) is 0.308. The van der Waals surface area contributed by atoms with Crippen LogP contribution in [0.2, 0.25) is 0 Å². The maximum Gasteiger partial charge on any atom is 0.219 e. The van der Waals surface area contributed by atoms with Gasteiger partial charge in [-0.25, -0.2) is 4.98 Å². The van der Waals surface area contributed by atoms with Gasteiger partial charge < -0.3 is 9.64 Å². The van der Waals surface area contributed by atoms with Crippen LogP contribution in [0, 0.1) is 0 Å². The van der Waals surface area contributed by atoms with E-state index in [1.54, 1.807) is 13.1 Å². The van der Waals surface area contributed by atoms with Crippen LogP contribution >= 0.6 is 0 Å². The summed E-state index contributed by atoms with van der Waals surface area (Å²) >= 11 is 0. The van der Waals surface area contributed by atoms with Gasteiger partial charge in [0.2, 0.25) is 11.8 Å². The average Bonchev–Trinajstić information content (AvgIpc) is 3.29. The van der Waals surface area contributed by atoms with Crippen LogP contribution in [-0.4, -0.2) is 63.5 Å². The van der Waals surface area contributed by atoms with Gasteiger partial charge in [-0.2, -0.15) is 5.10 Å². The van der Waals surface area contributed by atoms with Gasteiger partial charge in [-0.15, -0.1) is 4.68 Å². The SMILES string of the molecule is CC(=O)N1CCN(CCc2ccc3cc(Oc4ccc(-c5cc[n+](C)[nH]5)cn4)ccc3n2)CC1. The minimum absolute atomic E-state index is 0.165. The zero-order chi connectivity index (χ0) is 23.5. The third kappa shape index (κ3) is 5.07. The first-order valence-corrected chi connectivity index (χ1v) is 11.6. The smallest absolute Gasteiger partial charge is 0.219 e. The van der Waals surface area contributed by atoms with E-state index in [4.69, 9.17) is 9.72 Å². The molecule has 0 spiro atoms. The number of nitrogens with one attached hydrogen (secondary N) is 1. The monoisotopic (exact) mass is 457 g/mol. The number of piperazine rings is 1. The number of nitrogens with zero attached hydrogens (tertiary/aromatic N) is 5. The molecule has 0 saturated carbocycles. The first-order valence-electron chi connectivity index (χ1n) is 11.6. The van der Waals surface area contributed by atoms with Gasteiger partial charge >= 0.3 is 0 Å². The fourth-order valence-corrected chi connectivity index (χ4v) is 4.24. The Bertz CT molecular complexity index is 1290. The van der Waals surface area contributed by atoms with E-state index in [0.717, 1.165) is 72.7 Å². The van der Waals surface area contributed by atoms with Gasteiger partial charge in [0.25, 0.3) is 0 Å². The summed E-state index contributed by atoms with van der Waals surface area (Å²) in [6.45, 7) is 6.06. The van der Waals surface area contributed by atoms with E-state index in [1.165, 1.54) is 0 Å². The predicted octanol–water partition coefficient (Wildman–Crippen LogP) is 2.95. The van der Waals surface area contributed by atoms with E-state index in [9.17, 15) is 4.79 Å². The summed E-state index contributed by atoms with van der Waals surface area (Å²) < 4.78 is 7.87. The van der Waals surface area contributed by atoms with E-state index >= 15 is 0 Å². The highest BCUT2D eigenvalue weighted by Crippen LogP contribution is 2.25. The lowest BCUT2D eigenvalue weighted by atomic mass is 10.1. The van der Waals surface area contributed by atoms with E-state index in [2.05, 4.69) is 27.1 Å². The molecule has 3 aromatic heterocycles. The Morgan fingerprint density at radius 3 is 2.65 bits per heavy atom. The van der Waals surface area contributed by atoms with Crippen molar-refractivity contribution in [2.75, 3.05) is 32.7 Å². The maximum absolute atomic E-state index is 11.5. The molecule has 34 heavy (non-hydrogen) atoms. The van der Waals surface area contributed by atoms with Crippen LogP contribution in [0.15, 0.2) is 60.9 Å². The number of amides is 1. The van der Waals surface area contributed by atoms with Crippen LogP contribution in [0.4, 0.5) is 0 Å². The molecule has 0 bridgehead atoms. The summed E-state index contributed by atoms with van der Waals surface area (Å²) in [5.74, 6) is 1.45. The fourth-order valence-electron chi connectivity index (χ4n) is 4.24. The molecule has 1 fully saturated rings. The number of ether oxygens (including phenoxy) is 1. The second-order valence-electron chi connectivity index (χ2n) is 8.69. The second kappa shape index (κ2) is 9.61. The number of aromatic nitrogens is 4. The summed E-state index contributed by atoms with van der Waals surface area (Å²) in [5, 5.41) is 4.27. The predicted molar refractivity (Wildman–Crippen MR) is 129 cm³/mol. The Morgan fingerprint density at radius 1 is 1.09 bits per heavy atom. The van der Waals surface area contributed by atoms with Crippen LogP contribution < -0.4 is 9.42 Å². The van der Waals surface area contributed by atoms with Gasteiger partial charge in [0.1, 0.15) is 11.4 Å². The molecular weight excluding hydrogens is 428 g/mol. The number of benzene rings is 1. The molecule has 1 aliphatic heterocycles. The lowest BCUT2D eigenvalue weighted by Crippen LogP contribution is -2.48. The molecule has 0 aliphatic carbocycles. The van der Waals surface area contributed by atoms with E-state index in [1.807, 2.05) is 59.2 Å². The molecule has 5 rings (SSSR count). The molecule has 1 saturated heterocycles. The molecule has 4 heterocycles. The van der Waals surface area contributed by atoms with Gasteiger partial charge in [-0.3, -0.25) is 14.7 Å². The lowest BCUT2D eigenvalue weighted by molar-refractivity contribution is -0.726. The first-order chi connectivity index (χ1) is 16.5. The number of fused-ring (bicyclic) bond motifs is 1. The molecule has 1 amide bonds. The van der Waals surface area contributed by atoms with Crippen molar-refractivity contribution >= 4 is 16.8 Å². The van der Waals surface area contributed by atoms with Crippen LogP contribution in [0.1, 0.15) is 12.6 Å². The highest BCUT2D eigenvalue weighted by molar-refractivity contribution is 5.80. The molecule has 1 aromatic carbocycles. The summed E-state index contributed by atoms with van der Waals surface area (Å²) in [6.07, 6.45) is 4.66. The van der Waals surface area contributed by atoms with Crippen molar-refractivity contribution in [2.45, 2.75) is 13.3 Å². The molecule has 0 atom stereocenters. The topological polar surface area (TPSA) is 78.2 Å². The van der Waals surface area contributed by atoms with Crippen molar-refractivity contribution in [3.63, 3.8) is 0 Å². The van der Waals surface area contributed by atoms with Crippen molar-refractivity contribution < 1.29 is 14.2 Å². The molecule has 0 unspecified atom stereocenters. The second-order valence-corrected chi connectivity index (χ2v) is 8.69. The van der Waals surface area contributed by atoms with Gasteiger partial charge in [0.05, 0.1) is 5.52 Å². The number of carbonyl (C=O) groups is 1. The lowest BCUT2D eigenvalue weighted by Gasteiger charge is -2.34. The molecule has 4 aromatic rings. The van der Waals surface area contributed by atoms with Crippen LogP contribution in [0.5, 0.6) is 11.6 Å². The van der Waals surface area contributed by atoms with E-state index < -0.39 is 0 Å². The Labute approximate surface area is 198 Å². The first kappa shape index (κ1) is 22.0. The van der Waals surface area contributed by atoms with Crippen LogP contribution in [0.25, 0.3) is 22.2 Å². The largest absolute Gasteiger partial charge is 0.439 e. The number of hydrogen-bond acceptors (Lipinski definition) is 5. The van der Waals surface area contributed by atoms with Crippen molar-refractivity contribution in [3.8, 4) is 22.9 Å². The summed E-state index contributed by atoms with van der Waals surface area (Å²) in [4.78, 5) is 25.1. The Balaban J connectivity index is 1.20. The normalized spacial score (nSPS) is 14.5. The molecule has 174 valence electrons. The van der Waals surface area contributed by atoms with Crippen molar-refractivity contribution in [1.82, 2.24) is 24.9 Å².